The Bertz CT molecular complexity index is 765. The van der Waals surface area contributed by atoms with E-state index in [0.29, 0.717) is 18.5 Å². The quantitative estimate of drug-likeness (QED) is 0.734. The number of furan rings is 2. The Balaban J connectivity index is 1.42. The van der Waals surface area contributed by atoms with E-state index in [1.54, 1.807) is 12.2 Å². The standard InChI is InChI=1S/C20H23NO3/c1-13-11-18(13)19-9-7-16(24-19)8-10-20(22)21(15-4-5-15)12-17-6-3-14(2)23-17/h3,6-10,13,15,18H,4-5,11-12H2,1-2H3/b10-8+. The second-order valence-corrected chi connectivity index (χ2v) is 7.10. The number of carbonyl (C=O) groups excluding carboxylic acids is 1. The number of rotatable bonds is 6. The van der Waals surface area contributed by atoms with Gasteiger partial charge in [0.05, 0.1) is 6.54 Å². The third kappa shape index (κ3) is 3.32. The molecule has 2 saturated carbocycles. The van der Waals surface area contributed by atoms with E-state index in [4.69, 9.17) is 8.83 Å². The van der Waals surface area contributed by atoms with Crippen molar-refractivity contribution in [3.05, 3.63) is 53.4 Å². The number of amides is 1. The van der Waals surface area contributed by atoms with Crippen LogP contribution in [-0.2, 0) is 11.3 Å². The molecule has 2 aliphatic rings. The third-order valence-corrected chi connectivity index (χ3v) is 4.91. The molecule has 2 heterocycles. The number of nitrogens with zero attached hydrogens (tertiary/aromatic N) is 1. The summed E-state index contributed by atoms with van der Waals surface area (Å²) < 4.78 is 11.4. The van der Waals surface area contributed by atoms with Crippen LogP contribution in [0, 0.1) is 12.8 Å². The van der Waals surface area contributed by atoms with Gasteiger partial charge < -0.3 is 13.7 Å². The molecule has 4 nitrogen and oxygen atoms in total. The molecule has 2 aromatic heterocycles. The van der Waals surface area contributed by atoms with Crippen LogP contribution in [0.15, 0.2) is 39.2 Å². The Morgan fingerprint density at radius 1 is 1.25 bits per heavy atom. The minimum Gasteiger partial charge on any atom is -0.464 e. The van der Waals surface area contributed by atoms with Gasteiger partial charge in [-0.25, -0.2) is 0 Å². The fourth-order valence-corrected chi connectivity index (χ4v) is 3.14. The van der Waals surface area contributed by atoms with Crippen LogP contribution in [0.2, 0.25) is 0 Å². The van der Waals surface area contributed by atoms with Crippen molar-refractivity contribution in [3.8, 4) is 0 Å². The highest BCUT2D eigenvalue weighted by Crippen LogP contribution is 2.47. The molecule has 2 aromatic rings. The van der Waals surface area contributed by atoms with Crippen molar-refractivity contribution < 1.29 is 13.6 Å². The topological polar surface area (TPSA) is 46.6 Å². The SMILES string of the molecule is Cc1ccc(CN(C(=O)/C=C/c2ccc(C3CC3C)o2)C2CC2)o1. The lowest BCUT2D eigenvalue weighted by Crippen LogP contribution is -2.30. The maximum Gasteiger partial charge on any atom is 0.247 e. The summed E-state index contributed by atoms with van der Waals surface area (Å²) in [6.07, 6.45) is 6.75. The summed E-state index contributed by atoms with van der Waals surface area (Å²) in [6.45, 7) is 4.68. The second-order valence-electron chi connectivity index (χ2n) is 7.10. The molecule has 2 fully saturated rings. The van der Waals surface area contributed by atoms with E-state index in [2.05, 4.69) is 6.92 Å². The van der Waals surface area contributed by atoms with Crippen LogP contribution in [-0.4, -0.2) is 16.8 Å². The average molecular weight is 325 g/mol. The summed E-state index contributed by atoms with van der Waals surface area (Å²) in [5.74, 6) is 4.81. The molecular formula is C20H23NO3. The zero-order valence-electron chi connectivity index (χ0n) is 14.2. The summed E-state index contributed by atoms with van der Waals surface area (Å²) in [4.78, 5) is 14.5. The molecule has 0 aromatic carbocycles. The van der Waals surface area contributed by atoms with E-state index in [1.165, 1.54) is 6.42 Å². The first-order valence-corrected chi connectivity index (χ1v) is 8.74. The van der Waals surface area contributed by atoms with Crippen LogP contribution in [0.3, 0.4) is 0 Å². The van der Waals surface area contributed by atoms with E-state index in [-0.39, 0.29) is 5.91 Å². The van der Waals surface area contributed by atoms with Gasteiger partial charge in [-0.1, -0.05) is 6.92 Å². The Morgan fingerprint density at radius 3 is 2.67 bits per heavy atom. The molecule has 4 heteroatoms. The van der Waals surface area contributed by atoms with Crippen LogP contribution in [0.4, 0.5) is 0 Å². The number of aryl methyl sites for hydroxylation is 1. The van der Waals surface area contributed by atoms with Crippen LogP contribution >= 0.6 is 0 Å². The molecule has 0 radical (unpaired) electrons. The fraction of sp³-hybridized carbons (Fsp3) is 0.450. The number of carbonyl (C=O) groups is 1. The van der Waals surface area contributed by atoms with Crippen LogP contribution in [0.5, 0.6) is 0 Å². The monoisotopic (exact) mass is 325 g/mol. The lowest BCUT2D eigenvalue weighted by molar-refractivity contribution is -0.127. The predicted octanol–water partition coefficient (Wildman–Crippen LogP) is 4.51. The maximum atomic E-state index is 12.6. The van der Waals surface area contributed by atoms with Gasteiger partial charge in [-0.05, 0) is 62.4 Å². The van der Waals surface area contributed by atoms with Crippen LogP contribution in [0.1, 0.15) is 55.1 Å². The Morgan fingerprint density at radius 2 is 2.04 bits per heavy atom. The fourth-order valence-electron chi connectivity index (χ4n) is 3.14. The molecule has 2 unspecified atom stereocenters. The minimum absolute atomic E-state index is 0.0179. The molecule has 0 bridgehead atoms. The van der Waals surface area contributed by atoms with Gasteiger partial charge >= 0.3 is 0 Å². The van der Waals surface area contributed by atoms with Gasteiger partial charge in [-0.3, -0.25) is 4.79 Å². The molecular weight excluding hydrogens is 302 g/mol. The number of hydrogen-bond acceptors (Lipinski definition) is 3. The van der Waals surface area contributed by atoms with Crippen LogP contribution < -0.4 is 0 Å². The van der Waals surface area contributed by atoms with Crippen molar-refractivity contribution in [3.63, 3.8) is 0 Å². The van der Waals surface area contributed by atoms with E-state index in [1.807, 2.05) is 36.1 Å². The Kier molecular flexibility index (Phi) is 3.83. The summed E-state index contributed by atoms with van der Waals surface area (Å²) in [5.41, 5.74) is 0. The summed E-state index contributed by atoms with van der Waals surface area (Å²) in [7, 11) is 0. The molecule has 4 rings (SSSR count). The van der Waals surface area contributed by atoms with E-state index in [0.717, 1.165) is 41.8 Å². The maximum absolute atomic E-state index is 12.6. The van der Waals surface area contributed by atoms with E-state index in [9.17, 15) is 4.79 Å². The normalized spacial score (nSPS) is 22.9. The highest BCUT2D eigenvalue weighted by Gasteiger charge is 2.36. The van der Waals surface area contributed by atoms with Crippen molar-refractivity contribution >= 4 is 12.0 Å². The highest BCUT2D eigenvalue weighted by molar-refractivity contribution is 5.91. The van der Waals surface area contributed by atoms with Gasteiger partial charge in [0.1, 0.15) is 23.0 Å². The Labute approximate surface area is 142 Å². The number of hydrogen-bond donors (Lipinski definition) is 0. The van der Waals surface area contributed by atoms with Gasteiger partial charge in [0.15, 0.2) is 0 Å². The smallest absolute Gasteiger partial charge is 0.247 e. The lowest BCUT2D eigenvalue weighted by Gasteiger charge is -2.19. The molecule has 126 valence electrons. The lowest BCUT2D eigenvalue weighted by atomic mass is 10.3. The van der Waals surface area contributed by atoms with Gasteiger partial charge in [0, 0.05) is 18.0 Å². The Hall–Kier alpha value is -2.23. The molecule has 24 heavy (non-hydrogen) atoms. The summed E-state index contributed by atoms with van der Waals surface area (Å²) in [6, 6.07) is 8.19. The molecule has 0 saturated heterocycles. The van der Waals surface area contributed by atoms with Crippen molar-refractivity contribution in [2.24, 2.45) is 5.92 Å². The zero-order chi connectivity index (χ0) is 16.7. The minimum atomic E-state index is 0.0179. The molecule has 2 aliphatic carbocycles. The largest absolute Gasteiger partial charge is 0.464 e. The molecule has 0 aliphatic heterocycles. The van der Waals surface area contributed by atoms with Crippen molar-refractivity contribution in [1.82, 2.24) is 4.90 Å². The molecule has 0 N–H and O–H groups in total. The highest BCUT2D eigenvalue weighted by atomic mass is 16.3. The van der Waals surface area contributed by atoms with Gasteiger partial charge in [0.25, 0.3) is 0 Å². The van der Waals surface area contributed by atoms with Crippen molar-refractivity contribution in [2.75, 3.05) is 0 Å². The predicted molar refractivity (Wildman–Crippen MR) is 91.3 cm³/mol. The van der Waals surface area contributed by atoms with E-state index >= 15 is 0 Å². The van der Waals surface area contributed by atoms with Gasteiger partial charge in [-0.15, -0.1) is 0 Å². The summed E-state index contributed by atoms with van der Waals surface area (Å²) in [5, 5.41) is 0. The average Bonchev–Trinajstić information content (AvgIpc) is 3.44. The van der Waals surface area contributed by atoms with Crippen molar-refractivity contribution in [2.45, 2.75) is 51.6 Å². The van der Waals surface area contributed by atoms with Gasteiger partial charge in [0.2, 0.25) is 5.91 Å². The zero-order valence-corrected chi connectivity index (χ0v) is 14.2. The first-order valence-electron chi connectivity index (χ1n) is 8.74. The van der Waals surface area contributed by atoms with Crippen LogP contribution in [0.25, 0.3) is 6.08 Å². The summed E-state index contributed by atoms with van der Waals surface area (Å²) >= 11 is 0. The molecule has 1 amide bonds. The molecule has 0 spiro atoms. The first kappa shape index (κ1) is 15.3. The van der Waals surface area contributed by atoms with Gasteiger partial charge in [-0.2, -0.15) is 0 Å². The van der Waals surface area contributed by atoms with Crippen molar-refractivity contribution in [1.29, 1.82) is 0 Å². The van der Waals surface area contributed by atoms with E-state index < -0.39 is 0 Å². The molecule has 2 atom stereocenters. The first-order chi connectivity index (χ1) is 11.6. The third-order valence-electron chi connectivity index (χ3n) is 4.91. The second kappa shape index (κ2) is 6.00.